The Morgan fingerprint density at radius 3 is 2.49 bits per heavy atom. The SMILES string of the molecule is COc1cccc(N=C2CC(c3ccccc3)CC(=O)C2=C(O)Cc2cccc3ccccc23)c1. The van der Waals surface area contributed by atoms with Crippen LogP contribution in [0.15, 0.2) is 113 Å². The maximum atomic E-state index is 13.5. The van der Waals surface area contributed by atoms with Crippen LogP contribution in [0, 0.1) is 0 Å². The summed E-state index contributed by atoms with van der Waals surface area (Å²) in [5, 5.41) is 13.5. The zero-order chi connectivity index (χ0) is 24.2. The van der Waals surface area contributed by atoms with E-state index in [1.54, 1.807) is 7.11 Å². The van der Waals surface area contributed by atoms with Crippen molar-refractivity contribution in [2.75, 3.05) is 7.11 Å². The van der Waals surface area contributed by atoms with E-state index >= 15 is 0 Å². The molecule has 0 heterocycles. The van der Waals surface area contributed by atoms with E-state index in [-0.39, 0.29) is 23.9 Å². The van der Waals surface area contributed by atoms with Crippen LogP contribution in [0.2, 0.25) is 0 Å². The van der Waals surface area contributed by atoms with E-state index in [0.717, 1.165) is 21.9 Å². The molecule has 174 valence electrons. The van der Waals surface area contributed by atoms with E-state index in [1.807, 2.05) is 84.9 Å². The van der Waals surface area contributed by atoms with Gasteiger partial charge in [-0.25, -0.2) is 0 Å². The molecule has 35 heavy (non-hydrogen) atoms. The second-order valence-electron chi connectivity index (χ2n) is 8.84. The maximum absolute atomic E-state index is 13.5. The first-order chi connectivity index (χ1) is 17.1. The average Bonchev–Trinajstić information content (AvgIpc) is 2.89. The maximum Gasteiger partial charge on any atom is 0.168 e. The third-order valence-corrected chi connectivity index (χ3v) is 6.55. The predicted molar refractivity (Wildman–Crippen MR) is 141 cm³/mol. The Morgan fingerprint density at radius 1 is 0.914 bits per heavy atom. The smallest absolute Gasteiger partial charge is 0.168 e. The molecule has 4 nitrogen and oxygen atoms in total. The van der Waals surface area contributed by atoms with Crippen molar-refractivity contribution in [3.05, 3.63) is 120 Å². The number of aliphatic hydroxyl groups excluding tert-OH is 1. The number of methoxy groups -OCH3 is 1. The first-order valence-corrected chi connectivity index (χ1v) is 11.8. The summed E-state index contributed by atoms with van der Waals surface area (Å²) in [5.74, 6) is 0.699. The number of fused-ring (bicyclic) bond motifs is 1. The monoisotopic (exact) mass is 461 g/mol. The van der Waals surface area contributed by atoms with Gasteiger partial charge in [0.15, 0.2) is 5.78 Å². The van der Waals surface area contributed by atoms with E-state index in [0.29, 0.717) is 35.6 Å². The van der Waals surface area contributed by atoms with Gasteiger partial charge >= 0.3 is 0 Å². The van der Waals surface area contributed by atoms with Gasteiger partial charge in [-0.2, -0.15) is 0 Å². The largest absolute Gasteiger partial charge is 0.511 e. The van der Waals surface area contributed by atoms with Crippen LogP contribution in [0.1, 0.15) is 29.9 Å². The predicted octanol–water partition coefficient (Wildman–Crippen LogP) is 7.12. The zero-order valence-electron chi connectivity index (χ0n) is 19.6. The van der Waals surface area contributed by atoms with E-state index < -0.39 is 0 Å². The molecule has 0 bridgehead atoms. The fraction of sp³-hybridized carbons (Fsp3) is 0.161. The number of Topliss-reactive ketones (excluding diaryl/α,β-unsaturated/α-hetero) is 1. The molecule has 0 amide bonds. The van der Waals surface area contributed by atoms with Crippen molar-refractivity contribution >= 4 is 28.0 Å². The normalized spacial score (nSPS) is 18.6. The quantitative estimate of drug-likeness (QED) is 0.254. The number of rotatable bonds is 5. The highest BCUT2D eigenvalue weighted by Crippen LogP contribution is 2.35. The van der Waals surface area contributed by atoms with Crippen molar-refractivity contribution in [3.8, 4) is 5.75 Å². The molecular formula is C31H27NO3. The summed E-state index contributed by atoms with van der Waals surface area (Å²) in [7, 11) is 1.61. The average molecular weight is 462 g/mol. The Hall–Kier alpha value is -4.18. The highest BCUT2D eigenvalue weighted by Gasteiger charge is 2.32. The van der Waals surface area contributed by atoms with Crippen molar-refractivity contribution in [3.63, 3.8) is 0 Å². The summed E-state index contributed by atoms with van der Waals surface area (Å²) < 4.78 is 5.35. The van der Waals surface area contributed by atoms with Crippen molar-refractivity contribution in [2.45, 2.75) is 25.2 Å². The number of hydrogen-bond acceptors (Lipinski definition) is 4. The highest BCUT2D eigenvalue weighted by atomic mass is 16.5. The number of hydrogen-bond donors (Lipinski definition) is 1. The Labute approximate surface area is 205 Å². The molecule has 1 atom stereocenters. The molecule has 0 saturated heterocycles. The number of benzene rings is 4. The molecule has 0 aliphatic heterocycles. The first-order valence-electron chi connectivity index (χ1n) is 11.8. The fourth-order valence-electron chi connectivity index (χ4n) is 4.84. The van der Waals surface area contributed by atoms with E-state index in [2.05, 4.69) is 12.1 Å². The van der Waals surface area contributed by atoms with Gasteiger partial charge in [-0.3, -0.25) is 9.79 Å². The lowest BCUT2D eigenvalue weighted by Crippen LogP contribution is -2.27. The molecule has 4 heteroatoms. The van der Waals surface area contributed by atoms with Gasteiger partial charge < -0.3 is 9.84 Å². The molecule has 1 aliphatic rings. The second-order valence-corrected chi connectivity index (χ2v) is 8.84. The minimum atomic E-state index is -0.0792. The summed E-state index contributed by atoms with van der Waals surface area (Å²) in [6, 6.07) is 31.6. The molecule has 1 saturated carbocycles. The van der Waals surface area contributed by atoms with Crippen molar-refractivity contribution in [1.82, 2.24) is 0 Å². The Kier molecular flexibility index (Phi) is 6.44. The number of ether oxygens (including phenoxy) is 1. The minimum Gasteiger partial charge on any atom is -0.511 e. The molecule has 1 aliphatic carbocycles. The standard InChI is InChI=1S/C31H27NO3/c1-35-26-15-8-14-25(20-26)32-28-17-24(21-9-3-2-4-10-21)19-30(34)31(28)29(33)18-23-13-7-12-22-11-5-6-16-27(22)23/h2-16,20,24,33H,17-19H2,1H3. The molecule has 0 spiro atoms. The number of ketones is 1. The minimum absolute atomic E-state index is 0.0159. The number of aliphatic imine (C=N–C) groups is 1. The molecular weight excluding hydrogens is 434 g/mol. The number of carbonyl (C=O) groups excluding carboxylic acids is 1. The molecule has 4 aromatic rings. The number of allylic oxidation sites excluding steroid dienone is 2. The van der Waals surface area contributed by atoms with Gasteiger partial charge in [0.1, 0.15) is 11.5 Å². The summed E-state index contributed by atoms with van der Waals surface area (Å²) in [5.41, 5.74) is 3.73. The lowest BCUT2D eigenvalue weighted by molar-refractivity contribution is -0.115. The van der Waals surface area contributed by atoms with Gasteiger partial charge in [0.2, 0.25) is 0 Å². The summed E-state index contributed by atoms with van der Waals surface area (Å²) in [6.45, 7) is 0. The third kappa shape index (κ3) is 4.87. The van der Waals surface area contributed by atoms with Crippen molar-refractivity contribution in [2.24, 2.45) is 4.99 Å². The van der Waals surface area contributed by atoms with Crippen LogP contribution in [0.5, 0.6) is 5.75 Å². The van der Waals surface area contributed by atoms with Crippen molar-refractivity contribution in [1.29, 1.82) is 0 Å². The molecule has 5 rings (SSSR count). The lowest BCUT2D eigenvalue weighted by Gasteiger charge is -2.26. The second kappa shape index (κ2) is 9.98. The van der Waals surface area contributed by atoms with Crippen LogP contribution in [0.3, 0.4) is 0 Å². The van der Waals surface area contributed by atoms with Crippen LogP contribution in [0.25, 0.3) is 10.8 Å². The van der Waals surface area contributed by atoms with E-state index in [4.69, 9.17) is 9.73 Å². The molecule has 1 fully saturated rings. The van der Waals surface area contributed by atoms with Crippen LogP contribution in [-0.4, -0.2) is 23.7 Å². The Bertz CT molecular complexity index is 1430. The molecule has 0 radical (unpaired) electrons. The molecule has 1 unspecified atom stereocenters. The van der Waals surface area contributed by atoms with Gasteiger partial charge in [-0.15, -0.1) is 0 Å². The Balaban J connectivity index is 1.58. The van der Waals surface area contributed by atoms with E-state index in [1.165, 1.54) is 0 Å². The highest BCUT2D eigenvalue weighted by molar-refractivity contribution is 6.25. The van der Waals surface area contributed by atoms with Crippen molar-refractivity contribution < 1.29 is 14.6 Å². The molecule has 0 aromatic heterocycles. The fourth-order valence-corrected chi connectivity index (χ4v) is 4.84. The summed E-state index contributed by atoms with van der Waals surface area (Å²) >= 11 is 0. The van der Waals surface area contributed by atoms with Crippen LogP contribution in [-0.2, 0) is 11.2 Å². The van der Waals surface area contributed by atoms with Gasteiger partial charge in [0.25, 0.3) is 0 Å². The van der Waals surface area contributed by atoms with Gasteiger partial charge in [0.05, 0.1) is 24.1 Å². The van der Waals surface area contributed by atoms with E-state index in [9.17, 15) is 9.90 Å². The van der Waals surface area contributed by atoms with Crippen LogP contribution >= 0.6 is 0 Å². The van der Waals surface area contributed by atoms with Crippen LogP contribution in [0.4, 0.5) is 5.69 Å². The number of aliphatic hydroxyl groups is 1. The number of carbonyl (C=O) groups is 1. The first kappa shape index (κ1) is 22.6. The molecule has 4 aromatic carbocycles. The van der Waals surface area contributed by atoms with Gasteiger partial charge in [0, 0.05) is 18.9 Å². The van der Waals surface area contributed by atoms with Crippen LogP contribution < -0.4 is 4.74 Å². The van der Waals surface area contributed by atoms with Gasteiger partial charge in [-0.05, 0) is 46.4 Å². The lowest BCUT2D eigenvalue weighted by atomic mass is 9.78. The Morgan fingerprint density at radius 2 is 1.66 bits per heavy atom. The third-order valence-electron chi connectivity index (χ3n) is 6.55. The topological polar surface area (TPSA) is 58.9 Å². The molecule has 1 N–H and O–H groups in total. The number of nitrogens with zero attached hydrogens (tertiary/aromatic N) is 1. The van der Waals surface area contributed by atoms with Gasteiger partial charge in [-0.1, -0.05) is 78.9 Å². The summed E-state index contributed by atoms with van der Waals surface area (Å²) in [4.78, 5) is 18.3. The zero-order valence-corrected chi connectivity index (χ0v) is 19.6. The summed E-state index contributed by atoms with van der Waals surface area (Å²) in [6.07, 6.45) is 1.19.